The van der Waals surface area contributed by atoms with Gasteiger partial charge >= 0.3 is 0 Å². The maximum absolute atomic E-state index is 13.4. The van der Waals surface area contributed by atoms with Crippen molar-refractivity contribution in [3.8, 4) is 0 Å². The van der Waals surface area contributed by atoms with Crippen molar-refractivity contribution in [2.75, 3.05) is 11.5 Å². The third-order valence-corrected chi connectivity index (χ3v) is 4.17. The first-order valence-electron chi connectivity index (χ1n) is 5.01. The Morgan fingerprint density at radius 3 is 3.13 bits per heavy atom. The molecule has 0 saturated carbocycles. The molecule has 0 aromatic heterocycles. The van der Waals surface area contributed by atoms with Crippen LogP contribution in [0.2, 0.25) is 0 Å². The van der Waals surface area contributed by atoms with Crippen molar-refractivity contribution in [3.63, 3.8) is 0 Å². The number of nitrogens with one attached hydrogen (secondary N) is 1. The van der Waals surface area contributed by atoms with Crippen molar-refractivity contribution in [1.29, 1.82) is 0 Å². The topological polar surface area (TPSA) is 12.0 Å². The first-order valence-corrected chi connectivity index (χ1v) is 6.95. The summed E-state index contributed by atoms with van der Waals surface area (Å²) in [4.78, 5) is 0. The molecule has 0 spiro atoms. The highest BCUT2D eigenvalue weighted by Gasteiger charge is 2.15. The Morgan fingerprint density at radius 2 is 2.40 bits per heavy atom. The quantitative estimate of drug-likeness (QED) is 0.917. The third kappa shape index (κ3) is 3.20. The highest BCUT2D eigenvalue weighted by Crippen LogP contribution is 2.19. The Hall–Kier alpha value is -0.0600. The van der Waals surface area contributed by atoms with E-state index in [-0.39, 0.29) is 5.82 Å². The molecule has 2 rings (SSSR count). The normalized spacial score (nSPS) is 20.8. The zero-order chi connectivity index (χ0) is 10.7. The van der Waals surface area contributed by atoms with Crippen molar-refractivity contribution < 1.29 is 4.39 Å². The van der Waals surface area contributed by atoms with Crippen LogP contribution < -0.4 is 5.32 Å². The molecule has 0 bridgehead atoms. The average molecular weight is 290 g/mol. The van der Waals surface area contributed by atoms with Gasteiger partial charge in [0, 0.05) is 28.4 Å². The van der Waals surface area contributed by atoms with Crippen molar-refractivity contribution >= 4 is 27.7 Å². The van der Waals surface area contributed by atoms with Gasteiger partial charge in [0.2, 0.25) is 0 Å². The van der Waals surface area contributed by atoms with E-state index < -0.39 is 0 Å². The molecule has 0 amide bonds. The number of benzene rings is 1. The lowest BCUT2D eigenvalue weighted by atomic mass is 10.2. The highest BCUT2D eigenvalue weighted by molar-refractivity contribution is 9.10. The zero-order valence-corrected chi connectivity index (χ0v) is 10.7. The van der Waals surface area contributed by atoms with Gasteiger partial charge in [-0.1, -0.05) is 15.9 Å². The summed E-state index contributed by atoms with van der Waals surface area (Å²) in [6.07, 6.45) is 1.19. The molecule has 1 aromatic carbocycles. The molecule has 1 aliphatic rings. The molecule has 82 valence electrons. The van der Waals surface area contributed by atoms with Crippen LogP contribution in [0.1, 0.15) is 12.0 Å². The number of hydrogen-bond acceptors (Lipinski definition) is 2. The fourth-order valence-electron chi connectivity index (χ4n) is 1.63. The number of hydrogen-bond donors (Lipinski definition) is 1. The molecule has 15 heavy (non-hydrogen) atoms. The van der Waals surface area contributed by atoms with E-state index in [0.717, 1.165) is 15.8 Å². The van der Waals surface area contributed by atoms with Gasteiger partial charge in [0.15, 0.2) is 0 Å². The smallest absolute Gasteiger partial charge is 0.127 e. The summed E-state index contributed by atoms with van der Waals surface area (Å²) in [6, 6.07) is 5.62. The summed E-state index contributed by atoms with van der Waals surface area (Å²) in [7, 11) is 0. The zero-order valence-electron chi connectivity index (χ0n) is 8.30. The van der Waals surface area contributed by atoms with Crippen LogP contribution in [0.25, 0.3) is 0 Å². The number of thioether (sulfide) groups is 1. The third-order valence-electron chi connectivity index (χ3n) is 2.52. The minimum absolute atomic E-state index is 0.128. The van der Waals surface area contributed by atoms with Crippen LogP contribution in [0.3, 0.4) is 0 Å². The van der Waals surface area contributed by atoms with Gasteiger partial charge in [0.25, 0.3) is 0 Å². The second-order valence-electron chi connectivity index (χ2n) is 3.68. The first-order chi connectivity index (χ1) is 7.25. The van der Waals surface area contributed by atoms with E-state index >= 15 is 0 Å². The Kier molecular flexibility index (Phi) is 4.05. The van der Waals surface area contributed by atoms with E-state index in [2.05, 4.69) is 21.2 Å². The largest absolute Gasteiger partial charge is 0.309 e. The molecule has 1 fully saturated rings. The summed E-state index contributed by atoms with van der Waals surface area (Å²) in [6.45, 7) is 0.622. The van der Waals surface area contributed by atoms with Gasteiger partial charge < -0.3 is 5.32 Å². The SMILES string of the molecule is Fc1ccc(Br)cc1CNC1CCSC1. The maximum atomic E-state index is 13.4. The summed E-state index contributed by atoms with van der Waals surface area (Å²) in [5, 5.41) is 3.38. The van der Waals surface area contributed by atoms with E-state index in [0.29, 0.717) is 12.6 Å². The fourth-order valence-corrected chi connectivity index (χ4v) is 3.22. The van der Waals surface area contributed by atoms with E-state index in [1.807, 2.05) is 17.8 Å². The molecule has 1 aliphatic heterocycles. The van der Waals surface area contributed by atoms with Gasteiger partial charge in [-0.3, -0.25) is 0 Å². The fraction of sp³-hybridized carbons (Fsp3) is 0.455. The highest BCUT2D eigenvalue weighted by atomic mass is 79.9. The summed E-state index contributed by atoms with van der Waals surface area (Å²) in [5.41, 5.74) is 0.737. The molecule has 1 N–H and O–H groups in total. The molecule has 4 heteroatoms. The van der Waals surface area contributed by atoms with Crippen LogP contribution in [0.5, 0.6) is 0 Å². The molecule has 0 aliphatic carbocycles. The first kappa shape index (κ1) is 11.4. The molecule has 1 unspecified atom stereocenters. The lowest BCUT2D eigenvalue weighted by Gasteiger charge is -2.11. The van der Waals surface area contributed by atoms with Crippen LogP contribution >= 0.6 is 27.7 Å². The predicted molar refractivity (Wildman–Crippen MR) is 66.7 cm³/mol. The Labute approximate surface area is 102 Å². The van der Waals surface area contributed by atoms with Gasteiger partial charge in [-0.05, 0) is 30.4 Å². The standard InChI is InChI=1S/C11H13BrFNS/c12-9-1-2-11(13)8(5-9)6-14-10-3-4-15-7-10/h1-2,5,10,14H,3-4,6-7H2. The van der Waals surface area contributed by atoms with Gasteiger partial charge in [-0.25, -0.2) is 4.39 Å². The average Bonchev–Trinajstić information content (AvgIpc) is 2.72. The lowest BCUT2D eigenvalue weighted by molar-refractivity contribution is 0.534. The van der Waals surface area contributed by atoms with Crippen molar-refractivity contribution in [1.82, 2.24) is 5.32 Å². The van der Waals surface area contributed by atoms with Crippen LogP contribution in [0.15, 0.2) is 22.7 Å². The van der Waals surface area contributed by atoms with Gasteiger partial charge in [-0.15, -0.1) is 0 Å². The maximum Gasteiger partial charge on any atom is 0.127 e. The molecule has 1 atom stereocenters. The molecular formula is C11H13BrFNS. The number of halogens is 2. The van der Waals surface area contributed by atoms with Crippen LogP contribution in [-0.2, 0) is 6.54 Å². The molecule has 1 heterocycles. The summed E-state index contributed by atoms with van der Waals surface area (Å²) >= 11 is 5.31. The summed E-state index contributed by atoms with van der Waals surface area (Å²) < 4.78 is 14.3. The van der Waals surface area contributed by atoms with E-state index in [9.17, 15) is 4.39 Å². The number of rotatable bonds is 3. The monoisotopic (exact) mass is 289 g/mol. The molecule has 0 radical (unpaired) electrons. The van der Waals surface area contributed by atoms with Gasteiger partial charge in [0.1, 0.15) is 5.82 Å². The Morgan fingerprint density at radius 1 is 1.53 bits per heavy atom. The summed E-state index contributed by atoms with van der Waals surface area (Å²) in [5.74, 6) is 2.24. The van der Waals surface area contributed by atoms with Crippen molar-refractivity contribution in [3.05, 3.63) is 34.1 Å². The lowest BCUT2D eigenvalue weighted by Crippen LogP contribution is -2.28. The van der Waals surface area contributed by atoms with E-state index in [1.165, 1.54) is 18.2 Å². The van der Waals surface area contributed by atoms with Crippen LogP contribution in [0.4, 0.5) is 4.39 Å². The minimum atomic E-state index is -0.128. The van der Waals surface area contributed by atoms with Crippen molar-refractivity contribution in [2.45, 2.75) is 19.0 Å². The predicted octanol–water partition coefficient (Wildman–Crippen LogP) is 3.18. The molecule has 1 aromatic rings. The second-order valence-corrected chi connectivity index (χ2v) is 5.74. The van der Waals surface area contributed by atoms with Crippen LogP contribution in [-0.4, -0.2) is 17.5 Å². The van der Waals surface area contributed by atoms with Crippen molar-refractivity contribution in [2.24, 2.45) is 0 Å². The Bertz CT molecular complexity index is 339. The van der Waals surface area contributed by atoms with Gasteiger partial charge in [0.05, 0.1) is 0 Å². The Balaban J connectivity index is 1.94. The second kappa shape index (κ2) is 5.32. The molecule has 1 saturated heterocycles. The van der Waals surface area contributed by atoms with E-state index in [1.54, 1.807) is 6.07 Å². The van der Waals surface area contributed by atoms with Crippen LogP contribution in [0, 0.1) is 5.82 Å². The minimum Gasteiger partial charge on any atom is -0.309 e. The van der Waals surface area contributed by atoms with E-state index in [4.69, 9.17) is 0 Å². The molecular weight excluding hydrogens is 277 g/mol. The molecule has 1 nitrogen and oxygen atoms in total. The van der Waals surface area contributed by atoms with Gasteiger partial charge in [-0.2, -0.15) is 11.8 Å².